The Morgan fingerprint density at radius 3 is 2.14 bits per heavy atom. The molecule has 0 fully saturated rings. The highest BCUT2D eigenvalue weighted by atomic mass is 32.2. The predicted octanol–water partition coefficient (Wildman–Crippen LogP) is 6.38. The van der Waals surface area contributed by atoms with Gasteiger partial charge in [-0.3, -0.25) is 4.79 Å². The molecule has 0 unspecified atom stereocenters. The number of fused-ring (bicyclic) bond motifs is 1. The molecule has 3 aromatic carbocycles. The second-order valence-electron chi connectivity index (χ2n) is 6.27. The number of aromatic nitrogens is 1. The SMILES string of the molecule is O=C(Nc1nc2ccc(SC(F)F)cc2s1)C(c1ccccc1)c1ccccc1. The minimum absolute atomic E-state index is 0.191. The molecule has 0 saturated heterocycles. The number of amides is 1. The van der Waals surface area contributed by atoms with Gasteiger partial charge in [0.05, 0.1) is 16.1 Å². The van der Waals surface area contributed by atoms with Crippen LogP contribution in [-0.2, 0) is 4.79 Å². The van der Waals surface area contributed by atoms with Gasteiger partial charge in [0.25, 0.3) is 5.76 Å². The fourth-order valence-electron chi connectivity index (χ4n) is 3.10. The first-order chi connectivity index (χ1) is 14.1. The molecule has 0 atom stereocenters. The number of nitrogens with zero attached hydrogens (tertiary/aromatic N) is 1. The summed E-state index contributed by atoms with van der Waals surface area (Å²) in [5, 5.41) is 3.35. The van der Waals surface area contributed by atoms with Crippen molar-refractivity contribution in [2.75, 3.05) is 5.32 Å². The van der Waals surface area contributed by atoms with Crippen molar-refractivity contribution >= 4 is 44.4 Å². The molecule has 4 rings (SSSR count). The molecule has 0 aliphatic carbocycles. The van der Waals surface area contributed by atoms with E-state index in [1.807, 2.05) is 60.7 Å². The number of alkyl halides is 2. The lowest BCUT2D eigenvalue weighted by molar-refractivity contribution is -0.116. The average Bonchev–Trinajstić information content (AvgIpc) is 3.11. The van der Waals surface area contributed by atoms with Crippen molar-refractivity contribution < 1.29 is 13.6 Å². The molecule has 4 aromatic rings. The van der Waals surface area contributed by atoms with Crippen molar-refractivity contribution in [2.45, 2.75) is 16.6 Å². The van der Waals surface area contributed by atoms with E-state index in [0.717, 1.165) is 15.8 Å². The lowest BCUT2D eigenvalue weighted by atomic mass is 9.90. The summed E-state index contributed by atoms with van der Waals surface area (Å²) in [5.74, 6) is -3.14. The maximum Gasteiger partial charge on any atom is 0.288 e. The van der Waals surface area contributed by atoms with E-state index in [0.29, 0.717) is 27.3 Å². The Hall–Kier alpha value is -2.77. The van der Waals surface area contributed by atoms with Crippen molar-refractivity contribution in [2.24, 2.45) is 0 Å². The van der Waals surface area contributed by atoms with E-state index in [1.54, 1.807) is 18.2 Å². The van der Waals surface area contributed by atoms with Crippen LogP contribution in [0.15, 0.2) is 83.8 Å². The Kier molecular flexibility index (Phi) is 5.87. The molecular weight excluding hydrogens is 410 g/mol. The van der Waals surface area contributed by atoms with Gasteiger partial charge in [-0.1, -0.05) is 83.8 Å². The Labute approximate surface area is 174 Å². The topological polar surface area (TPSA) is 42.0 Å². The van der Waals surface area contributed by atoms with Crippen LogP contribution in [0.3, 0.4) is 0 Å². The summed E-state index contributed by atoms with van der Waals surface area (Å²) in [6, 6.07) is 24.1. The van der Waals surface area contributed by atoms with E-state index in [9.17, 15) is 13.6 Å². The number of nitrogens with one attached hydrogen (secondary N) is 1. The summed E-state index contributed by atoms with van der Waals surface area (Å²) in [6.45, 7) is 0. The molecule has 1 heterocycles. The normalized spacial score (nSPS) is 11.3. The standard InChI is InChI=1S/C22H16F2N2OS2/c23-21(24)28-16-11-12-17-18(13-16)29-22(25-17)26-20(27)19(14-7-3-1-4-8-14)15-9-5-2-6-10-15/h1-13,19,21H,(H,25,26,27). The van der Waals surface area contributed by atoms with Gasteiger partial charge >= 0.3 is 0 Å². The lowest BCUT2D eigenvalue weighted by Gasteiger charge is -2.16. The highest BCUT2D eigenvalue weighted by Gasteiger charge is 2.23. The van der Waals surface area contributed by atoms with Crippen LogP contribution >= 0.6 is 23.1 Å². The van der Waals surface area contributed by atoms with Crippen LogP contribution in [0.5, 0.6) is 0 Å². The van der Waals surface area contributed by atoms with Crippen LogP contribution < -0.4 is 5.32 Å². The molecule has 0 bridgehead atoms. The fourth-order valence-corrected chi connectivity index (χ4v) is 4.62. The smallest absolute Gasteiger partial charge is 0.288 e. The van der Waals surface area contributed by atoms with Crippen LogP contribution in [0.1, 0.15) is 17.0 Å². The van der Waals surface area contributed by atoms with E-state index >= 15 is 0 Å². The molecule has 29 heavy (non-hydrogen) atoms. The second-order valence-corrected chi connectivity index (χ2v) is 8.36. The second kappa shape index (κ2) is 8.71. The molecule has 1 N–H and O–H groups in total. The van der Waals surface area contributed by atoms with Crippen LogP contribution in [0, 0.1) is 0 Å². The van der Waals surface area contributed by atoms with Crippen LogP contribution in [-0.4, -0.2) is 16.6 Å². The van der Waals surface area contributed by atoms with E-state index in [-0.39, 0.29) is 5.91 Å². The molecule has 0 spiro atoms. The minimum Gasteiger partial charge on any atom is -0.301 e. The summed E-state index contributed by atoms with van der Waals surface area (Å²) >= 11 is 1.77. The first kappa shape index (κ1) is 19.5. The number of rotatable bonds is 6. The van der Waals surface area contributed by atoms with Crippen molar-refractivity contribution in [3.8, 4) is 0 Å². The van der Waals surface area contributed by atoms with Crippen molar-refractivity contribution in [3.63, 3.8) is 0 Å². The van der Waals surface area contributed by atoms with Crippen LogP contribution in [0.25, 0.3) is 10.2 Å². The summed E-state index contributed by atoms with van der Waals surface area (Å²) in [5.41, 5.74) is 2.43. The quantitative estimate of drug-likeness (QED) is 0.364. The maximum atomic E-state index is 13.2. The number of hydrogen-bond acceptors (Lipinski definition) is 4. The molecule has 0 aliphatic rings. The zero-order valence-corrected chi connectivity index (χ0v) is 16.7. The zero-order chi connectivity index (χ0) is 20.2. The van der Waals surface area contributed by atoms with Gasteiger partial charge in [0.1, 0.15) is 0 Å². The van der Waals surface area contributed by atoms with Crippen LogP contribution in [0.2, 0.25) is 0 Å². The predicted molar refractivity (Wildman–Crippen MR) is 115 cm³/mol. The van der Waals surface area contributed by atoms with Gasteiger partial charge in [-0.15, -0.1) is 0 Å². The van der Waals surface area contributed by atoms with Gasteiger partial charge in [-0.25, -0.2) is 4.98 Å². The number of halogens is 2. The first-order valence-corrected chi connectivity index (χ1v) is 10.6. The summed E-state index contributed by atoms with van der Waals surface area (Å²) in [4.78, 5) is 18.1. The summed E-state index contributed by atoms with van der Waals surface area (Å²) < 4.78 is 26.0. The summed E-state index contributed by atoms with van der Waals surface area (Å²) in [6.07, 6.45) is 0. The average molecular weight is 427 g/mol. The molecule has 146 valence electrons. The zero-order valence-electron chi connectivity index (χ0n) is 15.1. The van der Waals surface area contributed by atoms with E-state index in [4.69, 9.17) is 0 Å². The van der Waals surface area contributed by atoms with Gasteiger partial charge in [0.2, 0.25) is 5.91 Å². The molecule has 0 aliphatic heterocycles. The van der Waals surface area contributed by atoms with Gasteiger partial charge < -0.3 is 5.32 Å². The lowest BCUT2D eigenvalue weighted by Crippen LogP contribution is -2.22. The van der Waals surface area contributed by atoms with E-state index in [2.05, 4.69) is 10.3 Å². The number of thiazole rings is 1. The van der Waals surface area contributed by atoms with Gasteiger partial charge in [-0.2, -0.15) is 8.78 Å². The van der Waals surface area contributed by atoms with Gasteiger partial charge in [0, 0.05) is 4.90 Å². The molecule has 1 aromatic heterocycles. The minimum atomic E-state index is -2.47. The molecule has 0 saturated carbocycles. The van der Waals surface area contributed by atoms with E-state index in [1.165, 1.54) is 11.3 Å². The highest BCUT2D eigenvalue weighted by Crippen LogP contribution is 2.33. The Balaban J connectivity index is 1.62. The Bertz CT molecular complexity index is 1080. The third-order valence-electron chi connectivity index (χ3n) is 4.34. The number of hydrogen-bond donors (Lipinski definition) is 1. The van der Waals surface area contributed by atoms with E-state index < -0.39 is 11.7 Å². The monoisotopic (exact) mass is 426 g/mol. The van der Waals surface area contributed by atoms with Gasteiger partial charge in [0.15, 0.2) is 5.13 Å². The number of benzene rings is 3. The third-order valence-corrected chi connectivity index (χ3v) is 5.98. The largest absolute Gasteiger partial charge is 0.301 e. The van der Waals surface area contributed by atoms with Crippen molar-refractivity contribution in [1.82, 2.24) is 4.98 Å². The number of carbonyl (C=O) groups excluding carboxylic acids is 1. The summed E-state index contributed by atoms with van der Waals surface area (Å²) in [7, 11) is 0. The third kappa shape index (κ3) is 4.63. The molecule has 1 amide bonds. The van der Waals surface area contributed by atoms with Gasteiger partial charge in [-0.05, 0) is 29.3 Å². The highest BCUT2D eigenvalue weighted by molar-refractivity contribution is 7.99. The Morgan fingerprint density at radius 2 is 1.55 bits per heavy atom. The molecule has 0 radical (unpaired) electrons. The number of carbonyl (C=O) groups is 1. The molecule has 7 heteroatoms. The van der Waals surface area contributed by atoms with Crippen LogP contribution in [0.4, 0.5) is 13.9 Å². The number of thioether (sulfide) groups is 1. The molecule has 3 nitrogen and oxygen atoms in total. The Morgan fingerprint density at radius 1 is 0.931 bits per heavy atom. The van der Waals surface area contributed by atoms with Crippen molar-refractivity contribution in [1.29, 1.82) is 0 Å². The van der Waals surface area contributed by atoms with Crippen molar-refractivity contribution in [3.05, 3.63) is 90.0 Å². The maximum absolute atomic E-state index is 13.2. The number of anilines is 1. The molecular formula is C22H16F2N2OS2. The fraction of sp³-hybridized carbons (Fsp3) is 0.0909. The first-order valence-electron chi connectivity index (χ1n) is 8.86.